The average molecular weight is 464 g/mol. The van der Waals surface area contributed by atoms with Gasteiger partial charge in [0, 0.05) is 0 Å². The third-order valence-corrected chi connectivity index (χ3v) is 5.89. The Morgan fingerprint density at radius 2 is 1.00 bits per heavy atom. The van der Waals surface area contributed by atoms with Crippen LogP contribution in [0.5, 0.6) is 0 Å². The molecular formula is C14H3F7O4S3. The Balaban J connectivity index is 2.61. The third kappa shape index (κ3) is 3.63. The zero-order valence-corrected chi connectivity index (χ0v) is 15.1. The number of hydrogen-bond donors (Lipinski definition) is 3. The van der Waals surface area contributed by atoms with Crippen LogP contribution in [-0.2, 0) is 0 Å². The molecule has 0 heterocycles. The first-order chi connectivity index (χ1) is 12.9. The van der Waals surface area contributed by atoms with Gasteiger partial charge in [-0.05, 0) is 21.6 Å². The van der Waals surface area contributed by atoms with Crippen LogP contribution in [0.15, 0.2) is 14.7 Å². The molecule has 0 radical (unpaired) electrons. The molecule has 0 aliphatic carbocycles. The van der Waals surface area contributed by atoms with Crippen molar-refractivity contribution in [1.82, 2.24) is 0 Å². The minimum Gasteiger partial charge on any atom is -0.478 e. The van der Waals surface area contributed by atoms with E-state index in [2.05, 4.69) is 12.6 Å². The molecular weight excluding hydrogens is 461 g/mol. The number of carbonyl (C=O) groups is 2. The summed E-state index contributed by atoms with van der Waals surface area (Å²) in [6.45, 7) is 0. The lowest BCUT2D eigenvalue weighted by atomic mass is 10.1. The summed E-state index contributed by atoms with van der Waals surface area (Å²) in [5.41, 5.74) is -3.55. The predicted molar refractivity (Wildman–Crippen MR) is 85.5 cm³/mol. The summed E-state index contributed by atoms with van der Waals surface area (Å²) in [4.78, 5) is 17.9. The van der Waals surface area contributed by atoms with Gasteiger partial charge < -0.3 is 10.2 Å². The predicted octanol–water partition coefficient (Wildman–Crippen LogP) is 5.14. The molecule has 4 nitrogen and oxygen atoms in total. The third-order valence-electron chi connectivity index (χ3n) is 3.12. The Kier molecular flexibility index (Phi) is 6.45. The van der Waals surface area contributed by atoms with Crippen molar-refractivity contribution in [2.24, 2.45) is 0 Å². The fourth-order valence-electron chi connectivity index (χ4n) is 1.87. The summed E-state index contributed by atoms with van der Waals surface area (Å²) in [5, 5.41) is 17.7. The van der Waals surface area contributed by atoms with E-state index < -0.39 is 78.5 Å². The van der Waals surface area contributed by atoms with Crippen molar-refractivity contribution in [3.05, 3.63) is 51.8 Å². The highest BCUT2D eigenvalue weighted by atomic mass is 33.1. The fourth-order valence-corrected chi connectivity index (χ4v) is 4.38. The standard InChI is InChI=1S/C14H3F7O4S3/c15-3-1(13(22)23)2(14(24)25)4(16)11(7(3)19)27-28-12-8(20)5(17)6(18)10(26)9(12)21/h26H,(H,22,23)(H,24,25). The Morgan fingerprint density at radius 3 is 1.46 bits per heavy atom. The van der Waals surface area contributed by atoms with Gasteiger partial charge in [-0.3, -0.25) is 0 Å². The SMILES string of the molecule is O=C(O)c1c(F)c(F)c(SSc2c(F)c(F)c(F)c(S)c2F)c(F)c1C(=O)O. The molecule has 0 amide bonds. The van der Waals surface area contributed by atoms with Crippen molar-refractivity contribution in [2.75, 3.05) is 0 Å². The molecule has 0 atom stereocenters. The van der Waals surface area contributed by atoms with Crippen LogP contribution < -0.4 is 0 Å². The largest absolute Gasteiger partial charge is 0.478 e. The van der Waals surface area contributed by atoms with Gasteiger partial charge in [-0.15, -0.1) is 12.6 Å². The molecule has 2 aromatic rings. The first-order valence-electron chi connectivity index (χ1n) is 6.48. The molecule has 0 aliphatic heterocycles. The fraction of sp³-hybridized carbons (Fsp3) is 0. The van der Waals surface area contributed by atoms with Crippen molar-refractivity contribution in [3.8, 4) is 0 Å². The molecule has 0 aromatic heterocycles. The summed E-state index contributed by atoms with van der Waals surface area (Å²) >= 11 is 3.28. The van der Waals surface area contributed by atoms with Crippen LogP contribution in [-0.4, -0.2) is 22.2 Å². The Morgan fingerprint density at radius 1 is 0.607 bits per heavy atom. The molecule has 0 bridgehead atoms. The molecule has 0 unspecified atom stereocenters. The lowest BCUT2D eigenvalue weighted by molar-refractivity contribution is 0.0640. The molecule has 0 spiro atoms. The van der Waals surface area contributed by atoms with E-state index in [1.165, 1.54) is 0 Å². The van der Waals surface area contributed by atoms with Crippen LogP contribution in [0.3, 0.4) is 0 Å². The molecule has 0 saturated carbocycles. The van der Waals surface area contributed by atoms with Gasteiger partial charge in [0.05, 0.1) is 14.7 Å². The minimum atomic E-state index is -2.28. The van der Waals surface area contributed by atoms with E-state index in [9.17, 15) is 40.3 Å². The highest BCUT2D eigenvalue weighted by Gasteiger charge is 2.33. The maximum absolute atomic E-state index is 14.3. The number of halogens is 7. The Hall–Kier alpha value is -2.06. The van der Waals surface area contributed by atoms with Gasteiger partial charge in [0.1, 0.15) is 11.1 Å². The van der Waals surface area contributed by atoms with Crippen LogP contribution in [0.1, 0.15) is 20.7 Å². The quantitative estimate of drug-likeness (QED) is 0.187. The lowest BCUT2D eigenvalue weighted by Gasteiger charge is -2.12. The monoisotopic (exact) mass is 464 g/mol. The molecule has 14 heteroatoms. The van der Waals surface area contributed by atoms with Gasteiger partial charge in [-0.25, -0.2) is 40.3 Å². The molecule has 2 rings (SSSR count). The van der Waals surface area contributed by atoms with Crippen LogP contribution in [0, 0.1) is 40.7 Å². The van der Waals surface area contributed by atoms with Gasteiger partial charge in [0.15, 0.2) is 40.7 Å². The van der Waals surface area contributed by atoms with Crippen molar-refractivity contribution >= 4 is 46.2 Å². The zero-order valence-electron chi connectivity index (χ0n) is 12.6. The van der Waals surface area contributed by atoms with Crippen molar-refractivity contribution in [3.63, 3.8) is 0 Å². The second-order valence-corrected chi connectivity index (χ2v) is 7.33. The van der Waals surface area contributed by atoms with Gasteiger partial charge in [0.25, 0.3) is 0 Å². The number of aromatic carboxylic acids is 2. The number of carboxylic acids is 2. The summed E-state index contributed by atoms with van der Waals surface area (Å²) in [7, 11) is -0.529. The normalized spacial score (nSPS) is 11.0. The number of thiol groups is 1. The zero-order chi connectivity index (χ0) is 21.5. The maximum Gasteiger partial charge on any atom is 0.339 e. The van der Waals surface area contributed by atoms with E-state index in [4.69, 9.17) is 10.2 Å². The Labute approximate surface area is 163 Å². The summed E-state index contributed by atoms with van der Waals surface area (Å²) in [6, 6.07) is 0. The molecule has 0 saturated heterocycles. The molecule has 0 aliphatic rings. The van der Waals surface area contributed by atoms with Crippen LogP contribution in [0.25, 0.3) is 0 Å². The second-order valence-electron chi connectivity index (χ2n) is 4.73. The smallest absolute Gasteiger partial charge is 0.339 e. The summed E-state index contributed by atoms with van der Waals surface area (Å²) in [6.07, 6.45) is 0. The highest BCUT2D eigenvalue weighted by molar-refractivity contribution is 8.76. The topological polar surface area (TPSA) is 74.6 Å². The van der Waals surface area contributed by atoms with Crippen LogP contribution >= 0.6 is 34.2 Å². The van der Waals surface area contributed by atoms with E-state index in [0.29, 0.717) is 0 Å². The molecule has 28 heavy (non-hydrogen) atoms. The summed E-state index contributed by atoms with van der Waals surface area (Å²) < 4.78 is 96.3. The molecule has 150 valence electrons. The number of carboxylic acid groups (broad SMARTS) is 2. The lowest BCUT2D eigenvalue weighted by Crippen LogP contribution is -2.16. The first kappa shape index (κ1) is 22.2. The second kappa shape index (κ2) is 8.13. The molecule has 2 aromatic carbocycles. The Bertz CT molecular complexity index is 1000. The first-order valence-corrected chi connectivity index (χ1v) is 9.07. The van der Waals surface area contributed by atoms with Gasteiger partial charge in [-0.2, -0.15) is 0 Å². The summed E-state index contributed by atoms with van der Waals surface area (Å²) in [5.74, 6) is -18.9. The van der Waals surface area contributed by atoms with Crippen molar-refractivity contribution in [1.29, 1.82) is 0 Å². The van der Waals surface area contributed by atoms with E-state index >= 15 is 0 Å². The number of rotatable bonds is 5. The number of benzene rings is 2. The van der Waals surface area contributed by atoms with Gasteiger partial charge in [-0.1, -0.05) is 0 Å². The average Bonchev–Trinajstić information content (AvgIpc) is 2.62. The van der Waals surface area contributed by atoms with E-state index in [1.54, 1.807) is 0 Å². The van der Waals surface area contributed by atoms with E-state index in [0.717, 1.165) is 0 Å². The van der Waals surface area contributed by atoms with Crippen LogP contribution in [0.4, 0.5) is 30.7 Å². The highest BCUT2D eigenvalue weighted by Crippen LogP contribution is 2.45. The molecule has 0 fully saturated rings. The van der Waals surface area contributed by atoms with Gasteiger partial charge in [0.2, 0.25) is 0 Å². The van der Waals surface area contributed by atoms with Gasteiger partial charge >= 0.3 is 11.9 Å². The van der Waals surface area contributed by atoms with E-state index in [1.807, 2.05) is 0 Å². The number of hydrogen-bond acceptors (Lipinski definition) is 5. The molecule has 2 N–H and O–H groups in total. The van der Waals surface area contributed by atoms with E-state index in [-0.39, 0.29) is 21.6 Å². The van der Waals surface area contributed by atoms with Crippen molar-refractivity contribution < 1.29 is 50.5 Å². The van der Waals surface area contributed by atoms with Crippen molar-refractivity contribution in [2.45, 2.75) is 14.7 Å². The maximum atomic E-state index is 14.3. The van der Waals surface area contributed by atoms with Crippen LogP contribution in [0.2, 0.25) is 0 Å². The minimum absolute atomic E-state index is 0.240.